The quantitative estimate of drug-likeness (QED) is 0.640. The fourth-order valence-electron chi connectivity index (χ4n) is 1.77. The number of carbonyl (C=O) groups excluding carboxylic acids is 1. The van der Waals surface area contributed by atoms with Gasteiger partial charge in [-0.1, -0.05) is 0 Å². The normalized spacial score (nSPS) is 20.4. The smallest absolute Gasteiger partial charge is 0.228 e. The van der Waals surface area contributed by atoms with E-state index < -0.39 is 0 Å². The number of piperidine rings is 1. The third kappa shape index (κ3) is 3.15. The summed E-state index contributed by atoms with van der Waals surface area (Å²) in [5.41, 5.74) is 0.774. The van der Waals surface area contributed by atoms with Gasteiger partial charge in [-0.15, -0.1) is 0 Å². The van der Waals surface area contributed by atoms with Crippen molar-refractivity contribution in [1.82, 2.24) is 10.3 Å². The van der Waals surface area contributed by atoms with Gasteiger partial charge in [-0.25, -0.2) is 4.98 Å². The lowest BCUT2D eigenvalue weighted by Crippen LogP contribution is -2.37. The van der Waals surface area contributed by atoms with Crippen molar-refractivity contribution in [2.45, 2.75) is 12.8 Å². The molecular formula is C11H14IN3O. The lowest BCUT2D eigenvalue weighted by atomic mass is 9.99. The van der Waals surface area contributed by atoms with E-state index in [9.17, 15) is 4.79 Å². The summed E-state index contributed by atoms with van der Waals surface area (Å²) in [6, 6.07) is 3.76. The summed E-state index contributed by atoms with van der Waals surface area (Å²) in [6.07, 6.45) is 3.73. The molecular weight excluding hydrogens is 317 g/mol. The molecule has 0 aromatic carbocycles. The summed E-state index contributed by atoms with van der Waals surface area (Å²) in [6.45, 7) is 1.80. The minimum absolute atomic E-state index is 0.0908. The van der Waals surface area contributed by atoms with Crippen LogP contribution in [0.1, 0.15) is 12.8 Å². The molecule has 16 heavy (non-hydrogen) atoms. The molecule has 2 heterocycles. The van der Waals surface area contributed by atoms with E-state index in [1.54, 1.807) is 6.20 Å². The number of nitrogens with one attached hydrogen (secondary N) is 2. The van der Waals surface area contributed by atoms with Crippen LogP contribution in [0.25, 0.3) is 0 Å². The van der Waals surface area contributed by atoms with Crippen LogP contribution >= 0.6 is 22.6 Å². The van der Waals surface area contributed by atoms with Crippen LogP contribution in [0, 0.1) is 9.62 Å². The summed E-state index contributed by atoms with van der Waals surface area (Å²) < 4.78 is 0.926. The van der Waals surface area contributed by atoms with Crippen LogP contribution < -0.4 is 10.6 Å². The SMILES string of the molecule is O=C(Nc1ccc(I)nc1)C1CCCNC1. The van der Waals surface area contributed by atoms with Gasteiger partial charge in [-0.3, -0.25) is 4.79 Å². The van der Waals surface area contributed by atoms with Crippen molar-refractivity contribution >= 4 is 34.2 Å². The molecule has 86 valence electrons. The van der Waals surface area contributed by atoms with Crippen LogP contribution in [0.15, 0.2) is 18.3 Å². The van der Waals surface area contributed by atoms with Gasteiger partial charge in [0.05, 0.1) is 17.8 Å². The summed E-state index contributed by atoms with van der Waals surface area (Å²) in [5.74, 6) is 0.184. The predicted octanol–water partition coefficient (Wildman–Crippen LogP) is 1.62. The number of nitrogens with zero attached hydrogens (tertiary/aromatic N) is 1. The van der Waals surface area contributed by atoms with Crippen molar-refractivity contribution in [2.24, 2.45) is 5.92 Å². The third-order valence-corrected chi connectivity index (χ3v) is 3.30. The van der Waals surface area contributed by atoms with Gasteiger partial charge in [0.2, 0.25) is 5.91 Å². The molecule has 0 bridgehead atoms. The van der Waals surface area contributed by atoms with E-state index in [4.69, 9.17) is 0 Å². The van der Waals surface area contributed by atoms with E-state index in [-0.39, 0.29) is 11.8 Å². The number of pyridine rings is 1. The van der Waals surface area contributed by atoms with Gasteiger partial charge in [-0.2, -0.15) is 0 Å². The van der Waals surface area contributed by atoms with Crippen LogP contribution in [-0.4, -0.2) is 24.0 Å². The molecule has 1 saturated heterocycles. The average molecular weight is 331 g/mol. The van der Waals surface area contributed by atoms with Crippen LogP contribution in [0.5, 0.6) is 0 Å². The van der Waals surface area contributed by atoms with Gasteiger partial charge in [0, 0.05) is 6.54 Å². The van der Waals surface area contributed by atoms with Gasteiger partial charge in [-0.05, 0) is 54.1 Å². The first-order chi connectivity index (χ1) is 7.75. The van der Waals surface area contributed by atoms with Crippen LogP contribution in [0.2, 0.25) is 0 Å². The maximum Gasteiger partial charge on any atom is 0.228 e. The zero-order valence-electron chi connectivity index (χ0n) is 8.87. The molecule has 0 saturated carbocycles. The molecule has 5 heteroatoms. The maximum absolute atomic E-state index is 11.9. The average Bonchev–Trinajstić information content (AvgIpc) is 2.33. The molecule has 1 aliphatic rings. The summed E-state index contributed by atoms with van der Waals surface area (Å²) in [5, 5.41) is 6.13. The molecule has 1 aliphatic heterocycles. The first-order valence-electron chi connectivity index (χ1n) is 5.39. The standard InChI is InChI=1S/C11H14IN3O/c12-10-4-3-9(7-14-10)15-11(16)8-2-1-5-13-6-8/h3-4,7-8,13H,1-2,5-6H2,(H,15,16). The molecule has 1 fully saturated rings. The molecule has 1 amide bonds. The molecule has 1 unspecified atom stereocenters. The van der Waals surface area contributed by atoms with Gasteiger partial charge >= 0.3 is 0 Å². The second-order valence-electron chi connectivity index (χ2n) is 3.90. The highest BCUT2D eigenvalue weighted by molar-refractivity contribution is 14.1. The van der Waals surface area contributed by atoms with Crippen molar-refractivity contribution in [3.05, 3.63) is 22.0 Å². The highest BCUT2D eigenvalue weighted by Gasteiger charge is 2.20. The molecule has 1 aromatic heterocycles. The van der Waals surface area contributed by atoms with E-state index in [2.05, 4.69) is 38.2 Å². The Morgan fingerprint density at radius 3 is 3.06 bits per heavy atom. The maximum atomic E-state index is 11.9. The third-order valence-electron chi connectivity index (χ3n) is 2.66. The molecule has 2 N–H and O–H groups in total. The van der Waals surface area contributed by atoms with Crippen molar-refractivity contribution in [3.63, 3.8) is 0 Å². The first kappa shape index (κ1) is 11.8. The van der Waals surface area contributed by atoms with Gasteiger partial charge in [0.1, 0.15) is 3.70 Å². The summed E-state index contributed by atoms with van der Waals surface area (Å²) in [4.78, 5) is 16.0. The Kier molecular flexibility index (Phi) is 4.11. The number of hydrogen-bond donors (Lipinski definition) is 2. The molecule has 1 aromatic rings. The zero-order chi connectivity index (χ0) is 11.4. The number of rotatable bonds is 2. The monoisotopic (exact) mass is 331 g/mol. The molecule has 1 atom stereocenters. The van der Waals surface area contributed by atoms with E-state index in [0.29, 0.717) is 0 Å². The van der Waals surface area contributed by atoms with E-state index in [1.807, 2.05) is 12.1 Å². The van der Waals surface area contributed by atoms with Crippen LogP contribution in [0.3, 0.4) is 0 Å². The summed E-state index contributed by atoms with van der Waals surface area (Å²) >= 11 is 2.14. The van der Waals surface area contributed by atoms with Gasteiger partial charge < -0.3 is 10.6 Å². The van der Waals surface area contributed by atoms with Crippen molar-refractivity contribution < 1.29 is 4.79 Å². The topological polar surface area (TPSA) is 54.0 Å². The second-order valence-corrected chi connectivity index (χ2v) is 5.01. The van der Waals surface area contributed by atoms with Gasteiger partial charge in [0.15, 0.2) is 0 Å². The fourth-order valence-corrected chi connectivity index (χ4v) is 2.09. The minimum atomic E-state index is 0.0908. The van der Waals surface area contributed by atoms with Crippen molar-refractivity contribution in [1.29, 1.82) is 0 Å². The number of halogens is 1. The van der Waals surface area contributed by atoms with Crippen molar-refractivity contribution in [3.8, 4) is 0 Å². The number of hydrogen-bond acceptors (Lipinski definition) is 3. The number of amides is 1. The van der Waals surface area contributed by atoms with Gasteiger partial charge in [0.25, 0.3) is 0 Å². The Labute approximate surface area is 108 Å². The van der Waals surface area contributed by atoms with E-state index >= 15 is 0 Å². The highest BCUT2D eigenvalue weighted by atomic mass is 127. The van der Waals surface area contributed by atoms with E-state index in [1.165, 1.54) is 0 Å². The molecule has 0 aliphatic carbocycles. The molecule has 4 nitrogen and oxygen atoms in total. The number of anilines is 1. The fraction of sp³-hybridized carbons (Fsp3) is 0.455. The lowest BCUT2D eigenvalue weighted by Gasteiger charge is -2.21. The van der Waals surface area contributed by atoms with Crippen molar-refractivity contribution in [2.75, 3.05) is 18.4 Å². The zero-order valence-corrected chi connectivity index (χ0v) is 11.0. The largest absolute Gasteiger partial charge is 0.324 e. The Bertz CT molecular complexity index is 360. The first-order valence-corrected chi connectivity index (χ1v) is 6.47. The Morgan fingerprint density at radius 1 is 1.56 bits per heavy atom. The predicted molar refractivity (Wildman–Crippen MR) is 71.2 cm³/mol. The van der Waals surface area contributed by atoms with Crippen LogP contribution in [-0.2, 0) is 4.79 Å². The molecule has 0 radical (unpaired) electrons. The summed E-state index contributed by atoms with van der Waals surface area (Å²) in [7, 11) is 0. The Morgan fingerprint density at radius 2 is 2.44 bits per heavy atom. The van der Waals surface area contributed by atoms with Crippen LogP contribution in [0.4, 0.5) is 5.69 Å². The molecule has 2 rings (SSSR count). The lowest BCUT2D eigenvalue weighted by molar-refractivity contribution is -0.120. The minimum Gasteiger partial charge on any atom is -0.324 e. The highest BCUT2D eigenvalue weighted by Crippen LogP contribution is 2.14. The Balaban J connectivity index is 1.93. The second kappa shape index (κ2) is 5.58. The van der Waals surface area contributed by atoms with E-state index in [0.717, 1.165) is 35.3 Å². The Hall–Kier alpha value is -0.690. The number of aromatic nitrogens is 1. The molecule has 0 spiro atoms. The number of carbonyl (C=O) groups is 1.